The number of ether oxygens (including phenoxy) is 4. The first-order valence-corrected chi connectivity index (χ1v) is 11.6. The van der Waals surface area contributed by atoms with Gasteiger partial charge < -0.3 is 28.5 Å². The zero-order valence-corrected chi connectivity index (χ0v) is 17.6. The van der Waals surface area contributed by atoms with Crippen LogP contribution in [0.25, 0.3) is 0 Å². The molecule has 0 aromatic carbocycles. The van der Waals surface area contributed by atoms with Gasteiger partial charge >= 0.3 is 0 Å². The summed E-state index contributed by atoms with van der Waals surface area (Å²) in [5.41, 5.74) is 0. The van der Waals surface area contributed by atoms with Gasteiger partial charge in [0.25, 0.3) is 0 Å². The summed E-state index contributed by atoms with van der Waals surface area (Å²) in [6.45, 7) is 4.91. The van der Waals surface area contributed by atoms with E-state index in [9.17, 15) is 5.11 Å². The van der Waals surface area contributed by atoms with E-state index < -0.39 is 6.10 Å². The molecule has 3 atom stereocenters. The second-order valence-electron chi connectivity index (χ2n) is 9.77. The van der Waals surface area contributed by atoms with Crippen LogP contribution < -0.4 is 0 Å². The summed E-state index contributed by atoms with van der Waals surface area (Å²) >= 11 is 0. The lowest BCUT2D eigenvalue weighted by Crippen LogP contribution is -2.57. The van der Waals surface area contributed by atoms with Crippen molar-refractivity contribution < 1.29 is 28.5 Å². The van der Waals surface area contributed by atoms with Crippen LogP contribution in [0, 0.1) is 0 Å². The molecule has 162 valence electrons. The molecule has 1 N–H and O–H groups in total. The monoisotopic (exact) mass is 398 g/mol. The molecule has 2 heterocycles. The SMILES string of the molecule is C[N+](CC1CO1)(CC1CO1)C1CCC(OCC(O)COC2CCCCC2)CC1. The van der Waals surface area contributed by atoms with Crippen LogP contribution in [0.4, 0.5) is 0 Å². The number of likely N-dealkylation sites (N-methyl/N-ethyl adjacent to an activating group) is 1. The number of hydrogen-bond donors (Lipinski definition) is 1. The second kappa shape index (κ2) is 9.71. The summed E-state index contributed by atoms with van der Waals surface area (Å²) in [5.74, 6) is 0. The molecule has 6 heteroatoms. The molecule has 2 saturated heterocycles. The highest BCUT2D eigenvalue weighted by molar-refractivity contribution is 4.80. The molecule has 0 aromatic heterocycles. The maximum Gasteiger partial charge on any atom is 0.130 e. The topological polar surface area (TPSA) is 63.8 Å². The lowest BCUT2D eigenvalue weighted by Gasteiger charge is -2.44. The van der Waals surface area contributed by atoms with Gasteiger partial charge in [-0.3, -0.25) is 0 Å². The van der Waals surface area contributed by atoms with Gasteiger partial charge in [0.15, 0.2) is 0 Å². The lowest BCUT2D eigenvalue weighted by molar-refractivity contribution is -0.935. The molecule has 6 nitrogen and oxygen atoms in total. The highest BCUT2D eigenvalue weighted by atomic mass is 16.6. The number of epoxide rings is 2. The number of nitrogens with zero attached hydrogens (tertiary/aromatic N) is 1. The van der Waals surface area contributed by atoms with Crippen molar-refractivity contribution in [3.8, 4) is 0 Å². The fraction of sp³-hybridized carbons (Fsp3) is 1.00. The third-order valence-corrected chi connectivity index (χ3v) is 7.17. The minimum absolute atomic E-state index is 0.281. The zero-order valence-electron chi connectivity index (χ0n) is 17.6. The Labute approximate surface area is 170 Å². The third-order valence-electron chi connectivity index (χ3n) is 7.17. The van der Waals surface area contributed by atoms with Gasteiger partial charge in [0.2, 0.25) is 0 Å². The molecule has 4 aliphatic rings. The Hall–Kier alpha value is -0.240. The number of rotatable bonds is 11. The van der Waals surface area contributed by atoms with Crippen LogP contribution in [0.3, 0.4) is 0 Å². The lowest BCUT2D eigenvalue weighted by atomic mass is 9.90. The van der Waals surface area contributed by atoms with Crippen LogP contribution >= 0.6 is 0 Å². The standard InChI is InChI=1S/C22H40NO5/c1-23(11-21-15-27-21,12-22-16-28-22)17-7-9-20(10-8-17)26-14-18(24)13-25-19-5-3-2-4-6-19/h17-22,24H,2-16H2,1H3/q+1. The molecule has 3 unspecified atom stereocenters. The fourth-order valence-corrected chi connectivity index (χ4v) is 5.26. The molecule has 0 aromatic rings. The summed E-state index contributed by atoms with van der Waals surface area (Å²) in [4.78, 5) is 0. The van der Waals surface area contributed by atoms with E-state index in [2.05, 4.69) is 7.05 Å². The summed E-state index contributed by atoms with van der Waals surface area (Å²) in [6.07, 6.45) is 11.7. The second-order valence-corrected chi connectivity index (χ2v) is 9.77. The fourth-order valence-electron chi connectivity index (χ4n) is 5.26. The maximum atomic E-state index is 10.2. The maximum absolute atomic E-state index is 10.2. The molecule has 2 saturated carbocycles. The predicted octanol–water partition coefficient (Wildman–Crippen LogP) is 2.27. The summed E-state index contributed by atoms with van der Waals surface area (Å²) < 4.78 is 24.1. The smallest absolute Gasteiger partial charge is 0.130 e. The van der Waals surface area contributed by atoms with Crippen molar-refractivity contribution in [1.82, 2.24) is 0 Å². The Balaban J connectivity index is 1.14. The van der Waals surface area contributed by atoms with Crippen molar-refractivity contribution in [3.63, 3.8) is 0 Å². The van der Waals surface area contributed by atoms with E-state index in [4.69, 9.17) is 18.9 Å². The van der Waals surface area contributed by atoms with Crippen molar-refractivity contribution in [2.75, 3.05) is 46.6 Å². The Morgan fingerprint density at radius 3 is 1.82 bits per heavy atom. The molecule has 4 rings (SSSR count). The van der Waals surface area contributed by atoms with Gasteiger partial charge in [-0.25, -0.2) is 0 Å². The zero-order chi connectivity index (χ0) is 19.4. The highest BCUT2D eigenvalue weighted by Gasteiger charge is 2.45. The van der Waals surface area contributed by atoms with E-state index in [0.717, 1.165) is 56.5 Å². The quantitative estimate of drug-likeness (QED) is 0.427. The first kappa shape index (κ1) is 21.0. The van der Waals surface area contributed by atoms with Gasteiger partial charge in [-0.2, -0.15) is 0 Å². The minimum atomic E-state index is -0.500. The summed E-state index contributed by atoms with van der Waals surface area (Å²) in [5, 5.41) is 10.2. The third kappa shape index (κ3) is 6.38. The van der Waals surface area contributed by atoms with Gasteiger partial charge in [-0.15, -0.1) is 0 Å². The molecule has 4 fully saturated rings. The predicted molar refractivity (Wildman–Crippen MR) is 106 cm³/mol. The Morgan fingerprint density at radius 1 is 0.821 bits per heavy atom. The molecular weight excluding hydrogens is 358 g/mol. The molecule has 2 aliphatic carbocycles. The van der Waals surface area contributed by atoms with Crippen LogP contribution in [0.1, 0.15) is 57.8 Å². The average Bonchev–Trinajstić information content (AvgIpc) is 3.64. The van der Waals surface area contributed by atoms with Gasteiger partial charge in [-0.1, -0.05) is 19.3 Å². The number of aliphatic hydroxyl groups is 1. The minimum Gasteiger partial charge on any atom is -0.388 e. The Bertz CT molecular complexity index is 454. The van der Waals surface area contributed by atoms with E-state index in [1.807, 2.05) is 0 Å². The largest absolute Gasteiger partial charge is 0.388 e. The summed E-state index contributed by atoms with van der Waals surface area (Å²) in [6, 6.07) is 0.674. The highest BCUT2D eigenvalue weighted by Crippen LogP contribution is 2.33. The van der Waals surface area contributed by atoms with Crippen LogP contribution in [-0.4, -0.2) is 92.7 Å². The average molecular weight is 399 g/mol. The van der Waals surface area contributed by atoms with Crippen molar-refractivity contribution in [1.29, 1.82) is 0 Å². The van der Waals surface area contributed by atoms with Crippen molar-refractivity contribution in [2.45, 2.75) is 94.3 Å². The first-order valence-electron chi connectivity index (χ1n) is 11.6. The van der Waals surface area contributed by atoms with Gasteiger partial charge in [0.05, 0.1) is 51.7 Å². The van der Waals surface area contributed by atoms with E-state index >= 15 is 0 Å². The van der Waals surface area contributed by atoms with E-state index in [-0.39, 0.29) is 6.10 Å². The molecule has 0 radical (unpaired) electrons. The number of hydrogen-bond acceptors (Lipinski definition) is 5. The number of quaternary nitrogens is 1. The molecule has 0 amide bonds. The first-order chi connectivity index (χ1) is 13.6. The number of aliphatic hydroxyl groups excluding tert-OH is 1. The molecular formula is C22H40NO5+. The van der Waals surface area contributed by atoms with Gasteiger partial charge in [0, 0.05) is 12.8 Å². The van der Waals surface area contributed by atoms with Crippen molar-refractivity contribution in [2.24, 2.45) is 0 Å². The van der Waals surface area contributed by atoms with Crippen LogP contribution in [0.15, 0.2) is 0 Å². The van der Waals surface area contributed by atoms with Crippen LogP contribution in [0.5, 0.6) is 0 Å². The molecule has 0 bridgehead atoms. The van der Waals surface area contributed by atoms with E-state index in [0.29, 0.717) is 37.6 Å². The van der Waals surface area contributed by atoms with Gasteiger partial charge in [-0.05, 0) is 25.7 Å². The molecule has 2 aliphatic heterocycles. The molecule has 0 spiro atoms. The van der Waals surface area contributed by atoms with E-state index in [1.54, 1.807) is 0 Å². The molecule has 28 heavy (non-hydrogen) atoms. The Kier molecular flexibility index (Phi) is 7.29. The van der Waals surface area contributed by atoms with E-state index in [1.165, 1.54) is 32.1 Å². The normalized spacial score (nSPS) is 36.6. The van der Waals surface area contributed by atoms with Crippen LogP contribution in [0.2, 0.25) is 0 Å². The van der Waals surface area contributed by atoms with Crippen LogP contribution in [-0.2, 0) is 18.9 Å². The Morgan fingerprint density at radius 2 is 1.32 bits per heavy atom. The summed E-state index contributed by atoms with van der Waals surface area (Å²) in [7, 11) is 2.39. The van der Waals surface area contributed by atoms with Crippen molar-refractivity contribution in [3.05, 3.63) is 0 Å². The van der Waals surface area contributed by atoms with Crippen molar-refractivity contribution >= 4 is 0 Å². The van der Waals surface area contributed by atoms with Gasteiger partial charge in [0.1, 0.15) is 31.4 Å².